The van der Waals surface area contributed by atoms with Crippen LogP contribution in [0.5, 0.6) is 5.75 Å². The molecule has 2 amide bonds. The van der Waals surface area contributed by atoms with E-state index < -0.39 is 0 Å². The average Bonchev–Trinajstić information content (AvgIpc) is 3.16. The summed E-state index contributed by atoms with van der Waals surface area (Å²) in [6.45, 7) is 4.94. The predicted molar refractivity (Wildman–Crippen MR) is 111 cm³/mol. The normalized spacial score (nSPS) is 17.7. The van der Waals surface area contributed by atoms with Crippen molar-refractivity contribution in [3.8, 4) is 5.75 Å². The first kappa shape index (κ1) is 21.6. The van der Waals surface area contributed by atoms with E-state index in [9.17, 15) is 9.59 Å². The van der Waals surface area contributed by atoms with Gasteiger partial charge in [0.2, 0.25) is 11.8 Å². The second-order valence-corrected chi connectivity index (χ2v) is 7.83. The first-order valence-electron chi connectivity index (χ1n) is 10.7. The van der Waals surface area contributed by atoms with Gasteiger partial charge in [0.1, 0.15) is 12.4 Å². The maximum Gasteiger partial charge on any atom is 0.222 e. The van der Waals surface area contributed by atoms with Crippen LogP contribution in [0, 0.1) is 0 Å². The number of rotatable bonds is 10. The van der Waals surface area contributed by atoms with Crippen molar-refractivity contribution in [1.82, 2.24) is 15.1 Å². The van der Waals surface area contributed by atoms with Gasteiger partial charge in [-0.1, -0.05) is 12.1 Å². The molecule has 1 N–H and O–H groups in total. The molecule has 0 saturated carbocycles. The van der Waals surface area contributed by atoms with Crippen molar-refractivity contribution in [3.05, 3.63) is 29.8 Å². The fourth-order valence-electron chi connectivity index (χ4n) is 3.83. The third kappa shape index (κ3) is 7.01. The van der Waals surface area contributed by atoms with Crippen molar-refractivity contribution in [2.24, 2.45) is 0 Å². The molecule has 0 unspecified atom stereocenters. The number of nitrogens with one attached hydrogen (secondary N) is 1. The predicted octanol–water partition coefficient (Wildman–Crippen LogP) is 1.80. The highest BCUT2D eigenvalue weighted by Gasteiger charge is 2.20. The standard InChI is InChI=1S/C22H33N3O4/c1-24(19-8-13-28-14-9-19)12-15-29-20-5-2-4-18(16-20)17-23-21(26)7-11-25-10-3-6-22(25)27/h2,4-5,16,19H,3,6-15,17H2,1H3,(H,23,26). The highest BCUT2D eigenvalue weighted by atomic mass is 16.5. The summed E-state index contributed by atoms with van der Waals surface area (Å²) in [5.41, 5.74) is 1.01. The van der Waals surface area contributed by atoms with Gasteiger partial charge in [-0.05, 0) is 44.0 Å². The molecule has 0 spiro atoms. The summed E-state index contributed by atoms with van der Waals surface area (Å²) in [5, 5.41) is 2.93. The molecule has 2 heterocycles. The molecule has 7 nitrogen and oxygen atoms in total. The molecule has 0 aromatic heterocycles. The van der Waals surface area contributed by atoms with Crippen LogP contribution in [0.4, 0.5) is 0 Å². The third-order valence-electron chi connectivity index (χ3n) is 5.70. The van der Waals surface area contributed by atoms with E-state index in [-0.39, 0.29) is 11.8 Å². The molecule has 1 aromatic rings. The van der Waals surface area contributed by atoms with E-state index in [1.165, 1.54) is 0 Å². The molecule has 0 radical (unpaired) electrons. The second kappa shape index (κ2) is 11.2. The van der Waals surface area contributed by atoms with E-state index in [0.29, 0.717) is 38.6 Å². The van der Waals surface area contributed by atoms with Gasteiger partial charge in [-0.25, -0.2) is 0 Å². The lowest BCUT2D eigenvalue weighted by atomic mass is 10.1. The number of likely N-dealkylation sites (N-methyl/N-ethyl adjacent to an activating group) is 1. The summed E-state index contributed by atoms with van der Waals surface area (Å²) in [5.74, 6) is 0.944. The van der Waals surface area contributed by atoms with Crippen molar-refractivity contribution >= 4 is 11.8 Å². The summed E-state index contributed by atoms with van der Waals surface area (Å²) >= 11 is 0. The molecule has 0 aliphatic carbocycles. The minimum atomic E-state index is -0.0332. The number of likely N-dealkylation sites (tertiary alicyclic amines) is 1. The van der Waals surface area contributed by atoms with Gasteiger partial charge in [0.05, 0.1) is 0 Å². The maximum absolute atomic E-state index is 12.1. The third-order valence-corrected chi connectivity index (χ3v) is 5.70. The molecule has 3 rings (SSSR count). The zero-order valence-electron chi connectivity index (χ0n) is 17.4. The lowest BCUT2D eigenvalue weighted by molar-refractivity contribution is -0.128. The molecule has 160 valence electrons. The SMILES string of the molecule is CN(CCOc1cccc(CNC(=O)CCN2CCCC2=O)c1)C1CCOCC1. The van der Waals surface area contributed by atoms with Crippen LogP contribution < -0.4 is 10.1 Å². The van der Waals surface area contributed by atoms with Gasteiger partial charge in [-0.2, -0.15) is 0 Å². The average molecular weight is 404 g/mol. The summed E-state index contributed by atoms with van der Waals surface area (Å²) in [6.07, 6.45) is 4.02. The van der Waals surface area contributed by atoms with Crippen LogP contribution in [0.3, 0.4) is 0 Å². The summed E-state index contributed by atoms with van der Waals surface area (Å²) in [4.78, 5) is 27.8. The van der Waals surface area contributed by atoms with Crippen LogP contribution in [0.25, 0.3) is 0 Å². The van der Waals surface area contributed by atoms with Gasteiger partial charge in [0, 0.05) is 58.3 Å². The highest BCUT2D eigenvalue weighted by molar-refractivity contribution is 5.80. The van der Waals surface area contributed by atoms with Crippen molar-refractivity contribution in [2.75, 3.05) is 46.5 Å². The molecule has 7 heteroatoms. The Balaban J connectivity index is 1.35. The lowest BCUT2D eigenvalue weighted by Gasteiger charge is -2.31. The first-order chi connectivity index (χ1) is 14.1. The van der Waals surface area contributed by atoms with E-state index in [2.05, 4.69) is 17.3 Å². The number of carbonyl (C=O) groups excluding carboxylic acids is 2. The topological polar surface area (TPSA) is 71.1 Å². The Kier molecular flexibility index (Phi) is 8.31. The van der Waals surface area contributed by atoms with E-state index in [0.717, 1.165) is 56.9 Å². The zero-order valence-corrected chi connectivity index (χ0v) is 17.4. The van der Waals surface area contributed by atoms with Crippen LogP contribution in [-0.4, -0.2) is 74.2 Å². The molecular formula is C22H33N3O4. The molecule has 29 heavy (non-hydrogen) atoms. The molecular weight excluding hydrogens is 370 g/mol. The lowest BCUT2D eigenvalue weighted by Crippen LogP contribution is -2.38. The van der Waals surface area contributed by atoms with Crippen molar-refractivity contribution in [3.63, 3.8) is 0 Å². The Morgan fingerprint density at radius 3 is 2.93 bits per heavy atom. The Morgan fingerprint density at radius 1 is 1.34 bits per heavy atom. The fraction of sp³-hybridized carbons (Fsp3) is 0.636. The van der Waals surface area contributed by atoms with Crippen LogP contribution in [0.1, 0.15) is 37.7 Å². The number of carbonyl (C=O) groups is 2. The summed E-state index contributed by atoms with van der Waals surface area (Å²) in [6, 6.07) is 8.41. The quantitative estimate of drug-likeness (QED) is 0.645. The Hall–Kier alpha value is -2.12. The first-order valence-corrected chi connectivity index (χ1v) is 10.7. The van der Waals surface area contributed by atoms with Gasteiger partial charge in [0.15, 0.2) is 0 Å². The van der Waals surface area contributed by atoms with E-state index in [1.54, 1.807) is 4.90 Å². The van der Waals surface area contributed by atoms with Crippen LogP contribution in [-0.2, 0) is 20.9 Å². The molecule has 2 aliphatic heterocycles. The van der Waals surface area contributed by atoms with Gasteiger partial charge < -0.3 is 19.7 Å². The van der Waals surface area contributed by atoms with Gasteiger partial charge in [0.25, 0.3) is 0 Å². The minimum absolute atomic E-state index is 0.0332. The van der Waals surface area contributed by atoms with Crippen molar-refractivity contribution < 1.29 is 19.1 Å². The monoisotopic (exact) mass is 403 g/mol. The van der Waals surface area contributed by atoms with Crippen LogP contribution >= 0.6 is 0 Å². The Bertz CT molecular complexity index is 676. The molecule has 2 fully saturated rings. The van der Waals surface area contributed by atoms with Gasteiger partial charge in [-0.3, -0.25) is 14.5 Å². The van der Waals surface area contributed by atoms with Crippen molar-refractivity contribution in [2.45, 2.75) is 44.7 Å². The van der Waals surface area contributed by atoms with Crippen molar-refractivity contribution in [1.29, 1.82) is 0 Å². The molecule has 2 saturated heterocycles. The number of nitrogens with zero attached hydrogens (tertiary/aromatic N) is 2. The number of benzene rings is 1. The molecule has 2 aliphatic rings. The number of ether oxygens (including phenoxy) is 2. The number of amides is 2. The van der Waals surface area contributed by atoms with E-state index in [1.807, 2.05) is 24.3 Å². The molecule has 0 atom stereocenters. The molecule has 0 bridgehead atoms. The number of hydrogen-bond acceptors (Lipinski definition) is 5. The largest absolute Gasteiger partial charge is 0.492 e. The van der Waals surface area contributed by atoms with Gasteiger partial charge in [-0.15, -0.1) is 0 Å². The molecule has 1 aromatic carbocycles. The van der Waals surface area contributed by atoms with Crippen LogP contribution in [0.15, 0.2) is 24.3 Å². The summed E-state index contributed by atoms with van der Waals surface area (Å²) < 4.78 is 11.3. The van der Waals surface area contributed by atoms with Gasteiger partial charge >= 0.3 is 0 Å². The fourth-order valence-corrected chi connectivity index (χ4v) is 3.83. The smallest absolute Gasteiger partial charge is 0.222 e. The minimum Gasteiger partial charge on any atom is -0.492 e. The highest BCUT2D eigenvalue weighted by Crippen LogP contribution is 2.15. The van der Waals surface area contributed by atoms with Crippen LogP contribution in [0.2, 0.25) is 0 Å². The summed E-state index contributed by atoms with van der Waals surface area (Å²) in [7, 11) is 2.14. The van der Waals surface area contributed by atoms with E-state index in [4.69, 9.17) is 9.47 Å². The zero-order chi connectivity index (χ0) is 20.5. The Labute approximate surface area is 173 Å². The Morgan fingerprint density at radius 2 is 2.17 bits per heavy atom. The van der Waals surface area contributed by atoms with E-state index >= 15 is 0 Å². The maximum atomic E-state index is 12.1. The second-order valence-electron chi connectivity index (χ2n) is 7.83. The number of hydrogen-bond donors (Lipinski definition) is 1.